The maximum Gasteiger partial charge on any atom is 0.227 e. The van der Waals surface area contributed by atoms with Crippen LogP contribution in [-0.4, -0.2) is 20.4 Å². The van der Waals surface area contributed by atoms with Gasteiger partial charge in [-0.3, -0.25) is 4.79 Å². The zero-order chi connectivity index (χ0) is 15.1. The molecule has 4 rings (SSSR count). The molecule has 1 aromatic carbocycles. The van der Waals surface area contributed by atoms with E-state index in [4.69, 9.17) is 0 Å². The summed E-state index contributed by atoms with van der Waals surface area (Å²) in [4.78, 5) is 21.1. The van der Waals surface area contributed by atoms with E-state index in [0.717, 1.165) is 46.0 Å². The largest absolute Gasteiger partial charge is 0.335 e. The number of anilines is 1. The van der Waals surface area contributed by atoms with Crippen molar-refractivity contribution in [1.29, 1.82) is 0 Å². The first-order valence-electron chi connectivity index (χ1n) is 7.36. The van der Waals surface area contributed by atoms with E-state index in [1.54, 1.807) is 11.3 Å². The summed E-state index contributed by atoms with van der Waals surface area (Å²) in [7, 11) is 0. The van der Waals surface area contributed by atoms with E-state index in [-0.39, 0.29) is 11.8 Å². The predicted molar refractivity (Wildman–Crippen MR) is 87.0 cm³/mol. The normalized spacial score (nSPS) is 17.4. The van der Waals surface area contributed by atoms with Crippen molar-refractivity contribution < 1.29 is 4.79 Å². The standard InChI is InChI=1S/C16H16N4OS/c1-10-18-14-3-2-12(7-15(14)22-10)19-16(21)11-4-5-20-9-17-8-13(20)6-11/h2-3,7-9,11H,4-6H2,1H3,(H,19,21). The lowest BCUT2D eigenvalue weighted by atomic mass is 9.95. The summed E-state index contributed by atoms with van der Waals surface area (Å²) in [6, 6.07) is 5.89. The Morgan fingerprint density at radius 2 is 2.36 bits per heavy atom. The van der Waals surface area contributed by atoms with E-state index in [0.29, 0.717) is 0 Å². The number of hydrogen-bond acceptors (Lipinski definition) is 4. The van der Waals surface area contributed by atoms with Gasteiger partial charge in [-0.1, -0.05) is 0 Å². The number of amides is 1. The van der Waals surface area contributed by atoms with Gasteiger partial charge >= 0.3 is 0 Å². The van der Waals surface area contributed by atoms with Crippen molar-refractivity contribution in [3.8, 4) is 0 Å². The van der Waals surface area contributed by atoms with Crippen molar-refractivity contribution in [3.05, 3.63) is 41.4 Å². The minimum atomic E-state index is 0.0168. The number of carbonyl (C=O) groups excluding carboxylic acids is 1. The van der Waals surface area contributed by atoms with Gasteiger partial charge in [-0.2, -0.15) is 0 Å². The maximum atomic E-state index is 12.5. The summed E-state index contributed by atoms with van der Waals surface area (Å²) in [5.74, 6) is 0.108. The number of thiazole rings is 1. The number of fused-ring (bicyclic) bond motifs is 2. The second kappa shape index (κ2) is 5.21. The molecule has 0 spiro atoms. The number of benzene rings is 1. The lowest BCUT2D eigenvalue weighted by Crippen LogP contribution is -2.29. The lowest BCUT2D eigenvalue weighted by molar-refractivity contribution is -0.120. The zero-order valence-corrected chi connectivity index (χ0v) is 13.1. The lowest BCUT2D eigenvalue weighted by Gasteiger charge is -2.22. The first-order valence-corrected chi connectivity index (χ1v) is 8.18. The molecule has 22 heavy (non-hydrogen) atoms. The van der Waals surface area contributed by atoms with Crippen LogP contribution in [0.25, 0.3) is 10.2 Å². The van der Waals surface area contributed by atoms with Crippen LogP contribution in [0.5, 0.6) is 0 Å². The number of aromatic nitrogens is 3. The fourth-order valence-electron chi connectivity index (χ4n) is 2.95. The van der Waals surface area contributed by atoms with Crippen LogP contribution in [0.3, 0.4) is 0 Å². The number of carbonyl (C=O) groups is 1. The van der Waals surface area contributed by atoms with Crippen molar-refractivity contribution >= 4 is 33.1 Å². The molecule has 1 aliphatic rings. The van der Waals surface area contributed by atoms with Crippen LogP contribution in [0.1, 0.15) is 17.1 Å². The number of nitrogens with one attached hydrogen (secondary N) is 1. The quantitative estimate of drug-likeness (QED) is 0.791. The third-order valence-corrected chi connectivity index (χ3v) is 5.04. The summed E-state index contributed by atoms with van der Waals surface area (Å²) in [5.41, 5.74) is 2.97. The molecule has 112 valence electrons. The monoisotopic (exact) mass is 312 g/mol. The molecule has 1 aliphatic heterocycles. The molecule has 0 fully saturated rings. The molecule has 0 saturated heterocycles. The SMILES string of the molecule is Cc1nc2ccc(NC(=O)C3CCn4cncc4C3)cc2s1. The van der Waals surface area contributed by atoms with Gasteiger partial charge in [0.15, 0.2) is 0 Å². The number of imidazole rings is 1. The third kappa shape index (κ3) is 2.39. The van der Waals surface area contributed by atoms with E-state index in [1.165, 1.54) is 0 Å². The van der Waals surface area contributed by atoms with E-state index in [1.807, 2.05) is 37.6 Å². The van der Waals surface area contributed by atoms with Crippen molar-refractivity contribution in [1.82, 2.24) is 14.5 Å². The number of nitrogens with zero attached hydrogens (tertiary/aromatic N) is 3. The molecule has 1 N–H and O–H groups in total. The summed E-state index contributed by atoms with van der Waals surface area (Å²) in [6.07, 6.45) is 5.31. The molecule has 0 bridgehead atoms. The summed E-state index contributed by atoms with van der Waals surface area (Å²) in [6.45, 7) is 2.86. The Morgan fingerprint density at radius 1 is 1.45 bits per heavy atom. The Bertz CT molecular complexity index is 851. The highest BCUT2D eigenvalue weighted by molar-refractivity contribution is 7.18. The topological polar surface area (TPSA) is 59.8 Å². The maximum absolute atomic E-state index is 12.5. The Kier molecular flexibility index (Phi) is 3.18. The minimum absolute atomic E-state index is 0.0168. The Labute approximate surface area is 132 Å². The fourth-order valence-corrected chi connectivity index (χ4v) is 3.82. The van der Waals surface area contributed by atoms with Gasteiger partial charge in [-0.05, 0) is 31.5 Å². The summed E-state index contributed by atoms with van der Waals surface area (Å²) in [5, 5.41) is 4.09. The van der Waals surface area contributed by atoms with Crippen molar-refractivity contribution in [2.45, 2.75) is 26.3 Å². The van der Waals surface area contributed by atoms with Crippen LogP contribution in [0.2, 0.25) is 0 Å². The van der Waals surface area contributed by atoms with Gasteiger partial charge in [0.25, 0.3) is 0 Å². The van der Waals surface area contributed by atoms with E-state index in [9.17, 15) is 4.79 Å². The van der Waals surface area contributed by atoms with Gasteiger partial charge in [0, 0.05) is 36.5 Å². The first kappa shape index (κ1) is 13.5. The molecule has 3 heterocycles. The van der Waals surface area contributed by atoms with Crippen molar-refractivity contribution in [2.75, 3.05) is 5.32 Å². The molecule has 0 radical (unpaired) electrons. The molecule has 2 aromatic heterocycles. The van der Waals surface area contributed by atoms with E-state index < -0.39 is 0 Å². The highest BCUT2D eigenvalue weighted by atomic mass is 32.1. The van der Waals surface area contributed by atoms with Gasteiger partial charge in [-0.15, -0.1) is 11.3 Å². The molecule has 1 amide bonds. The highest BCUT2D eigenvalue weighted by Gasteiger charge is 2.24. The molecule has 1 unspecified atom stereocenters. The molecular formula is C16H16N4OS. The number of hydrogen-bond donors (Lipinski definition) is 1. The van der Waals surface area contributed by atoms with Crippen LogP contribution in [0, 0.1) is 12.8 Å². The van der Waals surface area contributed by atoms with Crippen molar-refractivity contribution in [3.63, 3.8) is 0 Å². The van der Waals surface area contributed by atoms with Crippen LogP contribution in [0.4, 0.5) is 5.69 Å². The van der Waals surface area contributed by atoms with Gasteiger partial charge in [0.05, 0.1) is 21.6 Å². The van der Waals surface area contributed by atoms with Gasteiger partial charge in [0.2, 0.25) is 5.91 Å². The molecular weight excluding hydrogens is 296 g/mol. The zero-order valence-electron chi connectivity index (χ0n) is 12.2. The summed E-state index contributed by atoms with van der Waals surface area (Å²) >= 11 is 1.65. The van der Waals surface area contributed by atoms with E-state index in [2.05, 4.69) is 19.9 Å². The smallest absolute Gasteiger partial charge is 0.227 e. The van der Waals surface area contributed by atoms with Crippen LogP contribution >= 0.6 is 11.3 Å². The average molecular weight is 312 g/mol. The summed E-state index contributed by atoms with van der Waals surface area (Å²) < 4.78 is 3.23. The second-order valence-corrected chi connectivity index (χ2v) is 6.91. The second-order valence-electron chi connectivity index (χ2n) is 5.67. The molecule has 5 nitrogen and oxygen atoms in total. The number of rotatable bonds is 2. The average Bonchev–Trinajstić information content (AvgIpc) is 3.10. The molecule has 0 saturated carbocycles. The third-order valence-electron chi connectivity index (χ3n) is 4.11. The fraction of sp³-hybridized carbons (Fsp3) is 0.312. The molecule has 6 heteroatoms. The first-order chi connectivity index (χ1) is 10.7. The number of aryl methyl sites for hydroxylation is 2. The van der Waals surface area contributed by atoms with Gasteiger partial charge in [-0.25, -0.2) is 9.97 Å². The Morgan fingerprint density at radius 3 is 3.27 bits per heavy atom. The van der Waals surface area contributed by atoms with Crippen LogP contribution in [0.15, 0.2) is 30.7 Å². The highest BCUT2D eigenvalue weighted by Crippen LogP contribution is 2.26. The molecule has 1 atom stereocenters. The molecule has 0 aliphatic carbocycles. The Hall–Kier alpha value is -2.21. The van der Waals surface area contributed by atoms with Crippen molar-refractivity contribution in [2.24, 2.45) is 5.92 Å². The minimum Gasteiger partial charge on any atom is -0.335 e. The van der Waals surface area contributed by atoms with Crippen LogP contribution < -0.4 is 5.32 Å². The van der Waals surface area contributed by atoms with E-state index >= 15 is 0 Å². The predicted octanol–water partition coefficient (Wildman–Crippen LogP) is 3.00. The van der Waals surface area contributed by atoms with Gasteiger partial charge in [0.1, 0.15) is 0 Å². The molecule has 3 aromatic rings. The Balaban J connectivity index is 1.51. The van der Waals surface area contributed by atoms with Crippen LogP contribution in [-0.2, 0) is 17.8 Å². The van der Waals surface area contributed by atoms with Gasteiger partial charge < -0.3 is 9.88 Å².